The molecular formula is C11H12ClN3. The number of hydrogen-bond donors (Lipinski definition) is 0. The van der Waals surface area contributed by atoms with E-state index in [1.165, 1.54) is 25.7 Å². The zero-order valence-electron chi connectivity index (χ0n) is 8.36. The smallest absolute Gasteiger partial charge is 0.155 e. The molecule has 0 N–H and O–H groups in total. The van der Waals surface area contributed by atoms with E-state index < -0.39 is 0 Å². The van der Waals surface area contributed by atoms with Crippen molar-refractivity contribution in [1.82, 2.24) is 14.6 Å². The van der Waals surface area contributed by atoms with Crippen LogP contribution in [0.4, 0.5) is 0 Å². The van der Waals surface area contributed by atoms with Crippen molar-refractivity contribution in [3.05, 3.63) is 29.2 Å². The third-order valence-electron chi connectivity index (χ3n) is 3.03. The van der Waals surface area contributed by atoms with Crippen LogP contribution in [0.1, 0.15) is 37.4 Å². The second-order valence-electron chi connectivity index (χ2n) is 4.10. The van der Waals surface area contributed by atoms with Crippen molar-refractivity contribution in [2.75, 3.05) is 0 Å². The lowest BCUT2D eigenvalue weighted by molar-refractivity contribution is 0.666. The second kappa shape index (κ2) is 3.49. The molecule has 2 heterocycles. The van der Waals surface area contributed by atoms with Crippen LogP contribution in [0, 0.1) is 0 Å². The van der Waals surface area contributed by atoms with Crippen molar-refractivity contribution >= 4 is 17.2 Å². The van der Waals surface area contributed by atoms with Gasteiger partial charge in [-0.15, -0.1) is 0 Å². The number of pyridine rings is 1. The van der Waals surface area contributed by atoms with E-state index >= 15 is 0 Å². The molecule has 1 aliphatic rings. The van der Waals surface area contributed by atoms with Crippen molar-refractivity contribution in [2.45, 2.75) is 31.6 Å². The molecule has 0 amide bonds. The van der Waals surface area contributed by atoms with Crippen molar-refractivity contribution < 1.29 is 0 Å². The summed E-state index contributed by atoms with van der Waals surface area (Å²) in [5, 5.41) is 5.18. The van der Waals surface area contributed by atoms with Crippen LogP contribution in [-0.2, 0) is 0 Å². The zero-order chi connectivity index (χ0) is 10.3. The van der Waals surface area contributed by atoms with E-state index in [-0.39, 0.29) is 0 Å². The van der Waals surface area contributed by atoms with Crippen LogP contribution in [0.5, 0.6) is 0 Å². The van der Waals surface area contributed by atoms with Gasteiger partial charge < -0.3 is 0 Å². The second-order valence-corrected chi connectivity index (χ2v) is 4.54. The highest BCUT2D eigenvalue weighted by Gasteiger charge is 2.21. The van der Waals surface area contributed by atoms with Crippen molar-refractivity contribution in [1.29, 1.82) is 0 Å². The van der Waals surface area contributed by atoms with Gasteiger partial charge in [0.25, 0.3) is 0 Å². The molecule has 0 radical (unpaired) electrons. The first-order chi connectivity index (χ1) is 7.33. The van der Waals surface area contributed by atoms with Gasteiger partial charge in [-0.25, -0.2) is 9.50 Å². The number of fused-ring (bicyclic) bond motifs is 1. The average molecular weight is 222 g/mol. The fourth-order valence-electron chi connectivity index (χ4n) is 2.23. The fourth-order valence-corrected chi connectivity index (χ4v) is 2.39. The van der Waals surface area contributed by atoms with Gasteiger partial charge in [0.1, 0.15) is 0 Å². The molecule has 1 aliphatic carbocycles. The Morgan fingerprint density at radius 1 is 1.27 bits per heavy atom. The summed E-state index contributed by atoms with van der Waals surface area (Å²) in [5.41, 5.74) is 0.890. The molecule has 1 saturated carbocycles. The molecule has 4 heteroatoms. The van der Waals surface area contributed by atoms with Gasteiger partial charge in [-0.1, -0.05) is 24.4 Å². The number of hydrogen-bond acceptors (Lipinski definition) is 2. The summed E-state index contributed by atoms with van der Waals surface area (Å²) in [7, 11) is 0. The van der Waals surface area contributed by atoms with Gasteiger partial charge in [0, 0.05) is 12.1 Å². The molecule has 78 valence electrons. The lowest BCUT2D eigenvalue weighted by atomic mass is 10.1. The van der Waals surface area contributed by atoms with E-state index in [4.69, 9.17) is 11.6 Å². The number of rotatable bonds is 1. The largest absolute Gasteiger partial charge is 0.219 e. The summed E-state index contributed by atoms with van der Waals surface area (Å²) < 4.78 is 1.77. The minimum atomic E-state index is 0.559. The standard InChI is InChI=1S/C11H12ClN3/c12-9-5-6-10-13-11(14-15(10)7-9)8-3-1-2-4-8/h5-8H,1-4H2. The van der Waals surface area contributed by atoms with E-state index in [1.54, 1.807) is 4.52 Å². The Bertz CT molecular complexity index is 486. The van der Waals surface area contributed by atoms with Crippen LogP contribution < -0.4 is 0 Å². The Labute approximate surface area is 93.1 Å². The number of halogens is 1. The molecule has 3 nitrogen and oxygen atoms in total. The van der Waals surface area contributed by atoms with E-state index in [9.17, 15) is 0 Å². The van der Waals surface area contributed by atoms with E-state index in [1.807, 2.05) is 18.3 Å². The summed E-state index contributed by atoms with van der Waals surface area (Å²) >= 11 is 5.90. The molecule has 2 aromatic heterocycles. The highest BCUT2D eigenvalue weighted by atomic mass is 35.5. The molecule has 2 aromatic rings. The Morgan fingerprint density at radius 3 is 2.87 bits per heavy atom. The van der Waals surface area contributed by atoms with Crippen molar-refractivity contribution in [3.63, 3.8) is 0 Å². The van der Waals surface area contributed by atoms with Crippen molar-refractivity contribution in [3.8, 4) is 0 Å². The molecular weight excluding hydrogens is 210 g/mol. The van der Waals surface area contributed by atoms with Crippen molar-refractivity contribution in [2.24, 2.45) is 0 Å². The van der Waals surface area contributed by atoms with Crippen LogP contribution in [0.15, 0.2) is 18.3 Å². The van der Waals surface area contributed by atoms with E-state index in [0.29, 0.717) is 10.9 Å². The quantitative estimate of drug-likeness (QED) is 0.741. The Morgan fingerprint density at radius 2 is 2.07 bits per heavy atom. The monoisotopic (exact) mass is 221 g/mol. The molecule has 0 aliphatic heterocycles. The topological polar surface area (TPSA) is 30.2 Å². The van der Waals surface area contributed by atoms with Crippen LogP contribution in [0.3, 0.4) is 0 Å². The molecule has 0 unspecified atom stereocenters. The molecule has 0 atom stereocenters. The normalized spacial score (nSPS) is 17.7. The summed E-state index contributed by atoms with van der Waals surface area (Å²) in [4.78, 5) is 4.53. The molecule has 0 saturated heterocycles. The Kier molecular flexibility index (Phi) is 2.13. The van der Waals surface area contributed by atoms with E-state index in [0.717, 1.165) is 11.5 Å². The predicted octanol–water partition coefficient (Wildman–Crippen LogP) is 3.04. The molecule has 0 aromatic carbocycles. The third-order valence-corrected chi connectivity index (χ3v) is 3.26. The predicted molar refractivity (Wildman–Crippen MR) is 59.2 cm³/mol. The van der Waals surface area contributed by atoms with Gasteiger partial charge in [-0.2, -0.15) is 5.10 Å². The lowest BCUT2D eigenvalue weighted by Crippen LogP contribution is -1.95. The van der Waals surface area contributed by atoms with Crippen LogP contribution >= 0.6 is 11.6 Å². The minimum Gasteiger partial charge on any atom is -0.219 e. The molecule has 3 rings (SSSR count). The number of nitrogens with zero attached hydrogens (tertiary/aromatic N) is 3. The minimum absolute atomic E-state index is 0.559. The zero-order valence-corrected chi connectivity index (χ0v) is 9.11. The lowest BCUT2D eigenvalue weighted by Gasteiger charge is -2.00. The fraction of sp³-hybridized carbons (Fsp3) is 0.455. The van der Waals surface area contributed by atoms with Gasteiger partial charge in [0.15, 0.2) is 11.5 Å². The van der Waals surface area contributed by atoms with Crippen LogP contribution in [-0.4, -0.2) is 14.6 Å². The highest BCUT2D eigenvalue weighted by Crippen LogP contribution is 2.32. The van der Waals surface area contributed by atoms with E-state index in [2.05, 4.69) is 10.1 Å². The van der Waals surface area contributed by atoms with Gasteiger partial charge in [0.05, 0.1) is 5.02 Å². The summed E-state index contributed by atoms with van der Waals surface area (Å²) in [6.07, 6.45) is 6.87. The average Bonchev–Trinajstić information content (AvgIpc) is 2.84. The first kappa shape index (κ1) is 9.16. The first-order valence-corrected chi connectivity index (χ1v) is 5.72. The Hall–Kier alpha value is -1.09. The molecule has 0 bridgehead atoms. The summed E-state index contributed by atoms with van der Waals surface area (Å²) in [6.45, 7) is 0. The first-order valence-electron chi connectivity index (χ1n) is 5.35. The summed E-state index contributed by atoms with van der Waals surface area (Å²) in [5.74, 6) is 1.54. The molecule has 1 fully saturated rings. The van der Waals surface area contributed by atoms with Crippen LogP contribution in [0.2, 0.25) is 5.02 Å². The molecule has 0 spiro atoms. The molecule has 15 heavy (non-hydrogen) atoms. The van der Waals surface area contributed by atoms with Gasteiger partial charge in [-0.05, 0) is 25.0 Å². The Balaban J connectivity index is 2.05. The van der Waals surface area contributed by atoms with Gasteiger partial charge in [0.2, 0.25) is 0 Å². The SMILES string of the molecule is Clc1ccc2nc(C3CCCC3)nn2c1. The summed E-state index contributed by atoms with van der Waals surface area (Å²) in [6, 6.07) is 3.76. The maximum Gasteiger partial charge on any atom is 0.155 e. The van der Waals surface area contributed by atoms with Gasteiger partial charge in [-0.3, -0.25) is 0 Å². The maximum atomic E-state index is 5.90. The maximum absolute atomic E-state index is 5.90. The van der Waals surface area contributed by atoms with Crippen LogP contribution in [0.25, 0.3) is 5.65 Å². The highest BCUT2D eigenvalue weighted by molar-refractivity contribution is 6.30. The number of aromatic nitrogens is 3. The van der Waals surface area contributed by atoms with Gasteiger partial charge >= 0.3 is 0 Å². The third kappa shape index (κ3) is 1.61.